The fourth-order valence-electron chi connectivity index (χ4n) is 2.74. The van der Waals surface area contributed by atoms with Gasteiger partial charge in [-0.25, -0.2) is 9.59 Å². The minimum absolute atomic E-state index is 0.205. The molecule has 154 valence electrons. The molecule has 0 aliphatic carbocycles. The molecule has 8 nitrogen and oxygen atoms in total. The normalized spacial score (nSPS) is 15.6. The second-order valence-corrected chi connectivity index (χ2v) is 7.72. The van der Waals surface area contributed by atoms with Crippen LogP contribution in [-0.4, -0.2) is 65.7 Å². The molecule has 0 aromatic heterocycles. The molecule has 0 bridgehead atoms. The van der Waals surface area contributed by atoms with Gasteiger partial charge in [0.15, 0.2) is 0 Å². The highest BCUT2D eigenvalue weighted by molar-refractivity contribution is 5.85. The average Bonchev–Trinajstić information content (AvgIpc) is 2.64. The molecule has 1 aliphatic heterocycles. The molecule has 2 rings (SSSR count). The van der Waals surface area contributed by atoms with Crippen LogP contribution in [-0.2, 0) is 20.9 Å². The lowest BCUT2D eigenvalue weighted by Gasteiger charge is -2.35. The Morgan fingerprint density at radius 3 is 2.18 bits per heavy atom. The summed E-state index contributed by atoms with van der Waals surface area (Å²) in [6.07, 6.45) is -1.02. The van der Waals surface area contributed by atoms with Gasteiger partial charge >= 0.3 is 12.2 Å². The molecule has 1 saturated heterocycles. The van der Waals surface area contributed by atoms with Crippen LogP contribution < -0.4 is 5.32 Å². The van der Waals surface area contributed by atoms with Gasteiger partial charge in [0.2, 0.25) is 5.91 Å². The maximum Gasteiger partial charge on any atom is 0.410 e. The van der Waals surface area contributed by atoms with Crippen LogP contribution in [0.2, 0.25) is 0 Å². The van der Waals surface area contributed by atoms with Gasteiger partial charge in [0.1, 0.15) is 18.2 Å². The monoisotopic (exact) mass is 391 g/mol. The summed E-state index contributed by atoms with van der Waals surface area (Å²) in [5.74, 6) is -0.205. The van der Waals surface area contributed by atoms with Crippen LogP contribution in [0, 0.1) is 0 Å². The zero-order valence-electron chi connectivity index (χ0n) is 16.9. The Morgan fingerprint density at radius 1 is 1.04 bits per heavy atom. The van der Waals surface area contributed by atoms with Crippen molar-refractivity contribution in [2.24, 2.45) is 0 Å². The van der Waals surface area contributed by atoms with Crippen molar-refractivity contribution in [1.82, 2.24) is 15.1 Å². The Kier molecular flexibility index (Phi) is 7.25. The van der Waals surface area contributed by atoms with E-state index in [0.717, 1.165) is 5.56 Å². The topological polar surface area (TPSA) is 88.2 Å². The van der Waals surface area contributed by atoms with E-state index in [1.807, 2.05) is 30.3 Å². The summed E-state index contributed by atoms with van der Waals surface area (Å²) < 4.78 is 10.5. The Hall–Kier alpha value is -2.77. The van der Waals surface area contributed by atoms with Gasteiger partial charge in [-0.15, -0.1) is 0 Å². The number of nitrogens with zero attached hydrogens (tertiary/aromatic N) is 2. The van der Waals surface area contributed by atoms with Gasteiger partial charge in [-0.3, -0.25) is 4.79 Å². The van der Waals surface area contributed by atoms with Crippen molar-refractivity contribution in [3.05, 3.63) is 35.9 Å². The highest BCUT2D eigenvalue weighted by Gasteiger charge is 2.29. The number of benzene rings is 1. The smallest absolute Gasteiger partial charge is 0.410 e. The molecule has 1 aromatic carbocycles. The molecule has 1 aromatic rings. The molecule has 0 saturated carbocycles. The van der Waals surface area contributed by atoms with Crippen molar-refractivity contribution in [2.75, 3.05) is 26.2 Å². The molecule has 1 aliphatic rings. The van der Waals surface area contributed by atoms with E-state index in [-0.39, 0.29) is 12.5 Å². The summed E-state index contributed by atoms with van der Waals surface area (Å²) in [5.41, 5.74) is 0.296. The number of carbonyl (C=O) groups excluding carboxylic acids is 3. The molecule has 28 heavy (non-hydrogen) atoms. The summed E-state index contributed by atoms with van der Waals surface area (Å²) in [7, 11) is 0. The van der Waals surface area contributed by atoms with E-state index in [2.05, 4.69) is 5.32 Å². The van der Waals surface area contributed by atoms with Crippen LogP contribution >= 0.6 is 0 Å². The maximum absolute atomic E-state index is 12.5. The fraction of sp³-hybridized carbons (Fsp3) is 0.550. The van der Waals surface area contributed by atoms with Crippen molar-refractivity contribution < 1.29 is 23.9 Å². The first kappa shape index (κ1) is 21.5. The number of ether oxygens (including phenoxy) is 2. The van der Waals surface area contributed by atoms with Crippen molar-refractivity contribution >= 4 is 18.1 Å². The van der Waals surface area contributed by atoms with Gasteiger partial charge in [-0.05, 0) is 33.3 Å². The molecule has 0 radical (unpaired) electrons. The van der Waals surface area contributed by atoms with Crippen LogP contribution in [0.5, 0.6) is 0 Å². The summed E-state index contributed by atoms with van der Waals surface area (Å²) in [6, 6.07) is 8.76. The second kappa shape index (κ2) is 9.43. The molecule has 1 heterocycles. The maximum atomic E-state index is 12.5. The number of nitrogens with one attached hydrogen (secondary N) is 1. The van der Waals surface area contributed by atoms with Gasteiger partial charge in [0.05, 0.1) is 0 Å². The van der Waals surface area contributed by atoms with Crippen molar-refractivity contribution in [3.63, 3.8) is 0 Å². The van der Waals surface area contributed by atoms with E-state index in [1.165, 1.54) is 0 Å². The van der Waals surface area contributed by atoms with Crippen LogP contribution in [0.4, 0.5) is 9.59 Å². The number of piperazine rings is 1. The summed E-state index contributed by atoms with van der Waals surface area (Å²) >= 11 is 0. The lowest BCUT2D eigenvalue weighted by atomic mass is 10.2. The van der Waals surface area contributed by atoms with Gasteiger partial charge in [-0.1, -0.05) is 30.3 Å². The summed E-state index contributed by atoms with van der Waals surface area (Å²) in [4.78, 5) is 39.7. The molecular weight excluding hydrogens is 362 g/mol. The zero-order valence-corrected chi connectivity index (χ0v) is 16.9. The van der Waals surface area contributed by atoms with Gasteiger partial charge in [0, 0.05) is 26.2 Å². The standard InChI is InChI=1S/C20H29N3O5/c1-15(21-18(25)28-20(2,3)4)17(24)22-10-12-23(13-11-22)19(26)27-14-16-8-6-5-7-9-16/h5-9,15H,10-14H2,1-4H3,(H,21,25). The Labute approximate surface area is 165 Å². The van der Waals surface area contributed by atoms with E-state index >= 15 is 0 Å². The molecule has 1 fully saturated rings. The lowest BCUT2D eigenvalue weighted by molar-refractivity contribution is -0.134. The molecule has 1 atom stereocenters. The average molecular weight is 391 g/mol. The minimum atomic E-state index is -0.702. The van der Waals surface area contributed by atoms with E-state index in [4.69, 9.17) is 9.47 Å². The van der Waals surface area contributed by atoms with Crippen molar-refractivity contribution in [3.8, 4) is 0 Å². The summed E-state index contributed by atoms with van der Waals surface area (Å²) in [6.45, 7) is 8.66. The van der Waals surface area contributed by atoms with Crippen molar-refractivity contribution in [1.29, 1.82) is 0 Å². The summed E-state index contributed by atoms with van der Waals surface area (Å²) in [5, 5.41) is 2.55. The largest absolute Gasteiger partial charge is 0.445 e. The zero-order chi connectivity index (χ0) is 20.7. The molecule has 0 spiro atoms. The van der Waals surface area contributed by atoms with Crippen molar-refractivity contribution in [2.45, 2.75) is 45.9 Å². The van der Waals surface area contributed by atoms with Gasteiger partial charge in [0.25, 0.3) is 0 Å². The first-order valence-electron chi connectivity index (χ1n) is 9.39. The van der Waals surface area contributed by atoms with Crippen LogP contribution in [0.25, 0.3) is 0 Å². The predicted molar refractivity (Wildman–Crippen MR) is 104 cm³/mol. The molecule has 1 N–H and O–H groups in total. The van der Waals surface area contributed by atoms with Crippen LogP contribution in [0.3, 0.4) is 0 Å². The third kappa shape index (κ3) is 6.75. The molecule has 8 heteroatoms. The minimum Gasteiger partial charge on any atom is -0.445 e. The first-order valence-corrected chi connectivity index (χ1v) is 9.39. The molecular formula is C20H29N3O5. The van der Waals surface area contributed by atoms with E-state index in [0.29, 0.717) is 26.2 Å². The third-order valence-electron chi connectivity index (χ3n) is 4.16. The van der Waals surface area contributed by atoms with Gasteiger partial charge in [-0.2, -0.15) is 0 Å². The highest BCUT2D eigenvalue weighted by Crippen LogP contribution is 2.10. The first-order chi connectivity index (χ1) is 13.2. The quantitative estimate of drug-likeness (QED) is 0.851. The third-order valence-corrected chi connectivity index (χ3v) is 4.16. The van der Waals surface area contributed by atoms with E-state index < -0.39 is 23.8 Å². The van der Waals surface area contributed by atoms with E-state index in [9.17, 15) is 14.4 Å². The Morgan fingerprint density at radius 2 is 1.61 bits per heavy atom. The van der Waals surface area contributed by atoms with Crippen LogP contribution in [0.15, 0.2) is 30.3 Å². The molecule has 3 amide bonds. The number of carbonyl (C=O) groups is 3. The number of amides is 3. The lowest BCUT2D eigenvalue weighted by Crippen LogP contribution is -2.55. The number of hydrogen-bond donors (Lipinski definition) is 1. The molecule has 1 unspecified atom stereocenters. The van der Waals surface area contributed by atoms with E-state index in [1.54, 1.807) is 37.5 Å². The number of hydrogen-bond acceptors (Lipinski definition) is 5. The second-order valence-electron chi connectivity index (χ2n) is 7.72. The number of alkyl carbamates (subject to hydrolysis) is 1. The predicted octanol–water partition coefficient (Wildman–Crippen LogP) is 2.38. The Bertz CT molecular complexity index is 679. The highest BCUT2D eigenvalue weighted by atomic mass is 16.6. The van der Waals surface area contributed by atoms with Gasteiger partial charge < -0.3 is 24.6 Å². The Balaban J connectivity index is 1.75. The SMILES string of the molecule is CC(NC(=O)OC(C)(C)C)C(=O)N1CCN(C(=O)OCc2ccccc2)CC1. The number of rotatable bonds is 4. The van der Waals surface area contributed by atoms with Crippen LogP contribution in [0.1, 0.15) is 33.3 Å². The fourth-order valence-corrected chi connectivity index (χ4v) is 2.74.